The number of carboxylic acids is 1. The Morgan fingerprint density at radius 2 is 1.41 bits per heavy atom. The Morgan fingerprint density at radius 3 is 1.92 bits per heavy atom. The Labute approximate surface area is 227 Å². The van der Waals surface area contributed by atoms with E-state index in [4.69, 9.17) is 9.47 Å². The van der Waals surface area contributed by atoms with Crippen LogP contribution in [-0.2, 0) is 19.9 Å². The quantitative estimate of drug-likeness (QED) is 0.316. The van der Waals surface area contributed by atoms with Crippen molar-refractivity contribution in [1.29, 1.82) is 0 Å². The number of hydrogen-bond acceptors (Lipinski definition) is 6. The topological polar surface area (TPSA) is 102 Å². The van der Waals surface area contributed by atoms with E-state index in [1.807, 2.05) is 43.3 Å². The van der Waals surface area contributed by atoms with Crippen LogP contribution in [0.2, 0.25) is 0 Å². The highest BCUT2D eigenvalue weighted by molar-refractivity contribution is 5.94. The summed E-state index contributed by atoms with van der Waals surface area (Å²) in [5.74, 6) is -1.66. The van der Waals surface area contributed by atoms with Crippen LogP contribution in [0.15, 0.2) is 91.0 Å². The van der Waals surface area contributed by atoms with Crippen molar-refractivity contribution in [2.45, 2.75) is 32.5 Å². The molecular formula is C31H31N3O5. The van der Waals surface area contributed by atoms with Gasteiger partial charge in [-0.2, -0.15) is 0 Å². The molecule has 0 unspecified atom stereocenters. The van der Waals surface area contributed by atoms with Crippen LogP contribution in [0.1, 0.15) is 28.1 Å². The zero-order chi connectivity index (χ0) is 28.0. The van der Waals surface area contributed by atoms with Crippen molar-refractivity contribution < 1.29 is 24.2 Å². The number of amides is 1. The fourth-order valence-corrected chi connectivity index (χ4v) is 4.50. The van der Waals surface area contributed by atoms with E-state index in [1.165, 1.54) is 4.90 Å². The molecule has 0 saturated heterocycles. The standard InChI is InChI=1S/C31H31N3O5/c1-21-12-11-17-26(18-21)34(4)27(35)20-38-31(24-13-7-5-8-14-24,25-15-9-6-10-16-25)28(29(36)37)39-30-32-22(2)19-23(3)33-30/h5-19,28H,20H2,1-4H3,(H,36,37)/t28-/m1/s1. The third-order valence-electron chi connectivity index (χ3n) is 6.37. The summed E-state index contributed by atoms with van der Waals surface area (Å²) in [4.78, 5) is 36.4. The van der Waals surface area contributed by atoms with Crippen molar-refractivity contribution in [1.82, 2.24) is 9.97 Å². The number of ether oxygens (including phenoxy) is 2. The molecule has 0 aliphatic carbocycles. The molecule has 1 aromatic heterocycles. The van der Waals surface area contributed by atoms with E-state index in [2.05, 4.69) is 9.97 Å². The fraction of sp³-hybridized carbons (Fsp3) is 0.226. The van der Waals surface area contributed by atoms with Gasteiger partial charge in [-0.05, 0) is 55.7 Å². The van der Waals surface area contributed by atoms with Crippen molar-refractivity contribution in [3.63, 3.8) is 0 Å². The lowest BCUT2D eigenvalue weighted by Gasteiger charge is -2.39. The molecule has 0 radical (unpaired) electrons. The van der Waals surface area contributed by atoms with Crippen LogP contribution in [0.5, 0.6) is 6.01 Å². The molecule has 0 aliphatic rings. The van der Waals surface area contributed by atoms with E-state index in [0.717, 1.165) is 5.56 Å². The third-order valence-corrected chi connectivity index (χ3v) is 6.37. The van der Waals surface area contributed by atoms with Gasteiger partial charge in [-0.1, -0.05) is 72.8 Å². The smallest absolute Gasteiger partial charge is 0.348 e. The van der Waals surface area contributed by atoms with Gasteiger partial charge < -0.3 is 19.5 Å². The van der Waals surface area contributed by atoms with Crippen LogP contribution in [0.4, 0.5) is 5.69 Å². The zero-order valence-corrected chi connectivity index (χ0v) is 22.4. The van der Waals surface area contributed by atoms with Gasteiger partial charge in [-0.15, -0.1) is 0 Å². The van der Waals surface area contributed by atoms with E-state index in [0.29, 0.717) is 28.2 Å². The number of anilines is 1. The van der Waals surface area contributed by atoms with Gasteiger partial charge in [0.1, 0.15) is 6.61 Å². The van der Waals surface area contributed by atoms with Crippen LogP contribution >= 0.6 is 0 Å². The largest absolute Gasteiger partial charge is 0.478 e. The van der Waals surface area contributed by atoms with E-state index < -0.39 is 24.3 Å². The van der Waals surface area contributed by atoms with E-state index in [9.17, 15) is 14.7 Å². The van der Waals surface area contributed by atoms with Crippen molar-refractivity contribution in [3.05, 3.63) is 119 Å². The normalized spacial score (nSPS) is 12.0. The number of aromatic nitrogens is 2. The molecule has 0 bridgehead atoms. The molecular weight excluding hydrogens is 494 g/mol. The van der Waals surface area contributed by atoms with Gasteiger partial charge in [0, 0.05) is 24.1 Å². The molecule has 3 aromatic carbocycles. The Kier molecular flexibility index (Phi) is 8.36. The number of carbonyl (C=O) groups is 2. The van der Waals surface area contributed by atoms with Crippen LogP contribution in [0.3, 0.4) is 0 Å². The van der Waals surface area contributed by atoms with Crippen molar-refractivity contribution in [3.8, 4) is 6.01 Å². The van der Waals surface area contributed by atoms with Crippen LogP contribution < -0.4 is 9.64 Å². The van der Waals surface area contributed by atoms with Crippen LogP contribution in [-0.4, -0.2) is 46.7 Å². The number of likely N-dealkylation sites (N-methyl/N-ethyl adjacent to an activating group) is 1. The van der Waals surface area contributed by atoms with Gasteiger partial charge in [-0.3, -0.25) is 4.79 Å². The summed E-state index contributed by atoms with van der Waals surface area (Å²) in [6.07, 6.45) is -1.64. The summed E-state index contributed by atoms with van der Waals surface area (Å²) in [6, 6.07) is 27.0. The number of carboxylic acid groups (broad SMARTS) is 1. The first kappa shape index (κ1) is 27.5. The summed E-state index contributed by atoms with van der Waals surface area (Å²) in [5.41, 5.74) is 2.23. The summed E-state index contributed by atoms with van der Waals surface area (Å²) < 4.78 is 12.5. The molecule has 0 fully saturated rings. The number of aryl methyl sites for hydroxylation is 3. The van der Waals surface area contributed by atoms with Crippen molar-refractivity contribution in [2.75, 3.05) is 18.6 Å². The predicted octanol–water partition coefficient (Wildman–Crippen LogP) is 4.86. The minimum absolute atomic E-state index is 0.0945. The van der Waals surface area contributed by atoms with Gasteiger partial charge >= 0.3 is 12.0 Å². The predicted molar refractivity (Wildman–Crippen MR) is 148 cm³/mol. The number of benzene rings is 3. The molecule has 200 valence electrons. The zero-order valence-electron chi connectivity index (χ0n) is 22.4. The first-order valence-electron chi connectivity index (χ1n) is 12.5. The molecule has 4 rings (SSSR count). The van der Waals surface area contributed by atoms with E-state index in [1.54, 1.807) is 75.5 Å². The van der Waals surface area contributed by atoms with E-state index >= 15 is 0 Å². The Morgan fingerprint density at radius 1 is 0.846 bits per heavy atom. The first-order chi connectivity index (χ1) is 18.7. The van der Waals surface area contributed by atoms with Gasteiger partial charge in [0.2, 0.25) is 6.10 Å². The fourth-order valence-electron chi connectivity index (χ4n) is 4.50. The second kappa shape index (κ2) is 11.9. The van der Waals surface area contributed by atoms with Gasteiger partial charge in [0.25, 0.3) is 5.91 Å². The highest BCUT2D eigenvalue weighted by Crippen LogP contribution is 2.39. The lowest BCUT2D eigenvalue weighted by atomic mass is 9.81. The van der Waals surface area contributed by atoms with E-state index in [-0.39, 0.29) is 11.9 Å². The van der Waals surface area contributed by atoms with Gasteiger partial charge in [0.05, 0.1) is 0 Å². The summed E-state index contributed by atoms with van der Waals surface area (Å²) >= 11 is 0. The molecule has 1 heterocycles. The maximum Gasteiger partial charge on any atom is 0.348 e. The average Bonchev–Trinajstić information content (AvgIpc) is 2.92. The minimum atomic E-state index is -1.72. The molecule has 1 atom stereocenters. The van der Waals surface area contributed by atoms with Crippen molar-refractivity contribution >= 4 is 17.6 Å². The Bertz CT molecular complexity index is 1380. The molecule has 1 amide bonds. The molecule has 0 spiro atoms. The summed E-state index contributed by atoms with van der Waals surface area (Å²) in [6.45, 7) is 5.07. The lowest BCUT2D eigenvalue weighted by Crippen LogP contribution is -2.52. The molecule has 8 nitrogen and oxygen atoms in total. The maximum atomic E-state index is 13.4. The maximum absolute atomic E-state index is 13.4. The molecule has 4 aromatic rings. The monoisotopic (exact) mass is 525 g/mol. The second-order valence-electron chi connectivity index (χ2n) is 9.32. The minimum Gasteiger partial charge on any atom is -0.478 e. The number of rotatable bonds is 10. The highest BCUT2D eigenvalue weighted by atomic mass is 16.6. The number of hydrogen-bond donors (Lipinski definition) is 1. The van der Waals surface area contributed by atoms with Gasteiger partial charge in [0.15, 0.2) is 5.60 Å². The Hall–Kier alpha value is -4.56. The molecule has 0 aliphatic heterocycles. The highest BCUT2D eigenvalue weighted by Gasteiger charge is 2.50. The average molecular weight is 526 g/mol. The van der Waals surface area contributed by atoms with Crippen molar-refractivity contribution in [2.24, 2.45) is 0 Å². The SMILES string of the molecule is Cc1cccc(N(C)C(=O)COC(c2ccccc2)(c2ccccc2)[C@H](Oc2nc(C)cc(C)n2)C(=O)O)c1. The third kappa shape index (κ3) is 6.13. The number of nitrogens with zero attached hydrogens (tertiary/aromatic N) is 3. The van der Waals surface area contributed by atoms with Crippen LogP contribution in [0, 0.1) is 20.8 Å². The molecule has 39 heavy (non-hydrogen) atoms. The first-order valence-corrected chi connectivity index (χ1v) is 12.5. The van der Waals surface area contributed by atoms with Crippen LogP contribution in [0.25, 0.3) is 0 Å². The summed E-state index contributed by atoms with van der Waals surface area (Å²) in [7, 11) is 1.65. The Balaban J connectivity index is 1.82. The molecule has 8 heteroatoms. The molecule has 1 N–H and O–H groups in total. The lowest BCUT2D eigenvalue weighted by molar-refractivity contribution is -0.166. The molecule has 0 saturated carbocycles. The number of carbonyl (C=O) groups excluding carboxylic acids is 1. The van der Waals surface area contributed by atoms with Gasteiger partial charge in [-0.25, -0.2) is 14.8 Å². The summed E-state index contributed by atoms with van der Waals surface area (Å²) in [5, 5.41) is 10.6. The second-order valence-corrected chi connectivity index (χ2v) is 9.32. The number of aliphatic carboxylic acids is 1.